The van der Waals surface area contributed by atoms with Gasteiger partial charge < -0.3 is 5.11 Å². The lowest BCUT2D eigenvalue weighted by atomic mass is 9.95. The van der Waals surface area contributed by atoms with Crippen LogP contribution < -0.4 is 0 Å². The maximum absolute atomic E-state index is 10.8. The summed E-state index contributed by atoms with van der Waals surface area (Å²) in [7, 11) is 0. The number of rotatable bonds is 5. The molecule has 92 valence electrons. The molecule has 0 bridgehead atoms. The van der Waals surface area contributed by atoms with Gasteiger partial charge in [0.15, 0.2) is 0 Å². The Morgan fingerprint density at radius 3 is 2.59 bits per heavy atom. The summed E-state index contributed by atoms with van der Waals surface area (Å²) in [5, 5.41) is 8.86. The van der Waals surface area contributed by atoms with Crippen molar-refractivity contribution in [3.05, 3.63) is 35.4 Å². The summed E-state index contributed by atoms with van der Waals surface area (Å²) in [6.07, 6.45) is 1.37. The van der Waals surface area contributed by atoms with E-state index in [4.69, 9.17) is 5.11 Å². The largest absolute Gasteiger partial charge is 0.481 e. The molecule has 3 heteroatoms. The first kappa shape index (κ1) is 12.1. The highest BCUT2D eigenvalue weighted by Crippen LogP contribution is 2.22. The van der Waals surface area contributed by atoms with Gasteiger partial charge in [-0.1, -0.05) is 37.6 Å². The summed E-state index contributed by atoms with van der Waals surface area (Å²) in [5.41, 5.74) is 2.10. The molecule has 0 unspecified atom stereocenters. The first-order valence-corrected chi connectivity index (χ1v) is 6.20. The molecule has 0 saturated carbocycles. The van der Waals surface area contributed by atoms with Crippen molar-refractivity contribution in [2.24, 2.45) is 5.92 Å². The molecule has 0 spiro atoms. The maximum Gasteiger partial charge on any atom is 0.307 e. The van der Waals surface area contributed by atoms with Gasteiger partial charge in [0.25, 0.3) is 0 Å². The van der Waals surface area contributed by atoms with Gasteiger partial charge in [0.05, 0.1) is 6.42 Å². The molecule has 17 heavy (non-hydrogen) atoms. The Morgan fingerprint density at radius 1 is 1.35 bits per heavy atom. The van der Waals surface area contributed by atoms with E-state index >= 15 is 0 Å². The highest BCUT2D eigenvalue weighted by atomic mass is 16.4. The minimum absolute atomic E-state index is 0.126. The number of carbonyl (C=O) groups is 1. The van der Waals surface area contributed by atoms with Gasteiger partial charge in [-0.2, -0.15) is 0 Å². The standard InChI is InChI=1S/C14H19NO2/c1-2-11-8-15(9-11)10-13-6-4-3-5-12(13)7-14(16)17/h3-6,11H,2,7-10H2,1H3,(H,16,17). The molecule has 0 radical (unpaired) electrons. The number of aliphatic carboxylic acids is 1. The van der Waals surface area contributed by atoms with E-state index < -0.39 is 5.97 Å². The smallest absolute Gasteiger partial charge is 0.307 e. The minimum atomic E-state index is -0.757. The van der Waals surface area contributed by atoms with Gasteiger partial charge in [0.2, 0.25) is 0 Å². The van der Waals surface area contributed by atoms with Gasteiger partial charge in [0.1, 0.15) is 0 Å². The molecular formula is C14H19NO2. The van der Waals surface area contributed by atoms with Crippen LogP contribution in [0.4, 0.5) is 0 Å². The van der Waals surface area contributed by atoms with Gasteiger partial charge >= 0.3 is 5.97 Å². The van der Waals surface area contributed by atoms with Crippen LogP contribution in [0.2, 0.25) is 0 Å². The Hall–Kier alpha value is -1.35. The van der Waals surface area contributed by atoms with Gasteiger partial charge in [0, 0.05) is 19.6 Å². The van der Waals surface area contributed by atoms with Crippen LogP contribution in [0.5, 0.6) is 0 Å². The lowest BCUT2D eigenvalue weighted by Gasteiger charge is -2.39. The lowest BCUT2D eigenvalue weighted by Crippen LogP contribution is -2.45. The van der Waals surface area contributed by atoms with Crippen LogP contribution in [0.3, 0.4) is 0 Å². The molecule has 0 atom stereocenters. The van der Waals surface area contributed by atoms with E-state index in [1.54, 1.807) is 0 Å². The fourth-order valence-corrected chi connectivity index (χ4v) is 2.35. The van der Waals surface area contributed by atoms with E-state index in [0.717, 1.165) is 36.7 Å². The summed E-state index contributed by atoms with van der Waals surface area (Å²) in [5.74, 6) is 0.0779. The number of hydrogen-bond acceptors (Lipinski definition) is 2. The summed E-state index contributed by atoms with van der Waals surface area (Å²) < 4.78 is 0. The van der Waals surface area contributed by atoms with Crippen LogP contribution in [-0.4, -0.2) is 29.1 Å². The van der Waals surface area contributed by atoms with E-state index in [0.29, 0.717) is 0 Å². The Labute approximate surface area is 102 Å². The Bertz CT molecular complexity index is 397. The van der Waals surface area contributed by atoms with Gasteiger partial charge in [-0.05, 0) is 17.0 Å². The fourth-order valence-electron chi connectivity index (χ4n) is 2.35. The summed E-state index contributed by atoms with van der Waals surface area (Å²) in [6, 6.07) is 7.85. The van der Waals surface area contributed by atoms with Gasteiger partial charge in [-0.3, -0.25) is 9.69 Å². The van der Waals surface area contributed by atoms with Crippen molar-refractivity contribution in [1.82, 2.24) is 4.90 Å². The van der Waals surface area contributed by atoms with Crippen molar-refractivity contribution in [1.29, 1.82) is 0 Å². The van der Waals surface area contributed by atoms with Crippen molar-refractivity contribution in [3.8, 4) is 0 Å². The molecule has 1 fully saturated rings. The monoisotopic (exact) mass is 233 g/mol. The molecule has 1 heterocycles. The molecule has 1 aromatic rings. The highest BCUT2D eigenvalue weighted by Gasteiger charge is 2.25. The molecule has 1 N–H and O–H groups in total. The second-order valence-corrected chi connectivity index (χ2v) is 4.81. The third-order valence-electron chi connectivity index (χ3n) is 3.46. The van der Waals surface area contributed by atoms with E-state index in [-0.39, 0.29) is 6.42 Å². The highest BCUT2D eigenvalue weighted by molar-refractivity contribution is 5.70. The van der Waals surface area contributed by atoms with Crippen molar-refractivity contribution in [2.45, 2.75) is 26.3 Å². The maximum atomic E-state index is 10.8. The lowest BCUT2D eigenvalue weighted by molar-refractivity contribution is -0.136. The van der Waals surface area contributed by atoms with E-state index in [2.05, 4.69) is 11.8 Å². The summed E-state index contributed by atoms with van der Waals surface area (Å²) in [4.78, 5) is 13.2. The summed E-state index contributed by atoms with van der Waals surface area (Å²) >= 11 is 0. The third-order valence-corrected chi connectivity index (χ3v) is 3.46. The molecule has 0 aromatic heterocycles. The number of benzene rings is 1. The van der Waals surface area contributed by atoms with Crippen molar-refractivity contribution in [2.75, 3.05) is 13.1 Å². The number of hydrogen-bond donors (Lipinski definition) is 1. The molecule has 2 rings (SSSR count). The normalized spacial score (nSPS) is 16.8. The molecule has 0 amide bonds. The molecule has 1 aliphatic rings. The number of likely N-dealkylation sites (tertiary alicyclic amines) is 1. The topological polar surface area (TPSA) is 40.5 Å². The van der Waals surface area contributed by atoms with Gasteiger partial charge in [-0.15, -0.1) is 0 Å². The van der Waals surface area contributed by atoms with Crippen LogP contribution in [0.15, 0.2) is 24.3 Å². The van der Waals surface area contributed by atoms with Crippen LogP contribution >= 0.6 is 0 Å². The quantitative estimate of drug-likeness (QED) is 0.847. The van der Waals surface area contributed by atoms with Crippen LogP contribution in [0.25, 0.3) is 0 Å². The first-order valence-electron chi connectivity index (χ1n) is 6.20. The van der Waals surface area contributed by atoms with E-state index in [1.807, 2.05) is 24.3 Å². The predicted molar refractivity (Wildman–Crippen MR) is 66.8 cm³/mol. The van der Waals surface area contributed by atoms with Gasteiger partial charge in [-0.25, -0.2) is 0 Å². The molecule has 1 aromatic carbocycles. The fraction of sp³-hybridized carbons (Fsp3) is 0.500. The average Bonchev–Trinajstić information content (AvgIpc) is 2.24. The second kappa shape index (κ2) is 5.32. The number of nitrogens with zero attached hydrogens (tertiary/aromatic N) is 1. The van der Waals surface area contributed by atoms with Crippen molar-refractivity contribution >= 4 is 5.97 Å². The Morgan fingerprint density at radius 2 is 2.00 bits per heavy atom. The second-order valence-electron chi connectivity index (χ2n) is 4.81. The third kappa shape index (κ3) is 3.07. The molecule has 0 aliphatic carbocycles. The number of carboxylic acids is 1. The van der Waals surface area contributed by atoms with Crippen LogP contribution in [-0.2, 0) is 17.8 Å². The van der Waals surface area contributed by atoms with Crippen LogP contribution in [0.1, 0.15) is 24.5 Å². The molecule has 3 nitrogen and oxygen atoms in total. The van der Waals surface area contributed by atoms with Crippen LogP contribution in [0, 0.1) is 5.92 Å². The molecule has 1 aliphatic heterocycles. The zero-order valence-corrected chi connectivity index (χ0v) is 10.2. The number of carboxylic acid groups (broad SMARTS) is 1. The van der Waals surface area contributed by atoms with Crippen molar-refractivity contribution < 1.29 is 9.90 Å². The molecular weight excluding hydrogens is 214 g/mol. The predicted octanol–water partition coefficient (Wildman–Crippen LogP) is 2.16. The first-order chi connectivity index (χ1) is 8.19. The molecule has 1 saturated heterocycles. The summed E-state index contributed by atoms with van der Waals surface area (Å²) in [6.45, 7) is 5.41. The zero-order valence-electron chi connectivity index (χ0n) is 10.2. The Kier molecular flexibility index (Phi) is 3.79. The zero-order chi connectivity index (χ0) is 12.3. The minimum Gasteiger partial charge on any atom is -0.481 e. The SMILES string of the molecule is CCC1CN(Cc2ccccc2CC(=O)O)C1. The van der Waals surface area contributed by atoms with E-state index in [9.17, 15) is 4.79 Å². The van der Waals surface area contributed by atoms with E-state index in [1.165, 1.54) is 6.42 Å². The Balaban J connectivity index is 1.98. The van der Waals surface area contributed by atoms with Crippen molar-refractivity contribution in [3.63, 3.8) is 0 Å². The average molecular weight is 233 g/mol.